The zero-order valence-corrected chi connectivity index (χ0v) is 28.3. The minimum atomic E-state index is -0.0147. The lowest BCUT2D eigenvalue weighted by Gasteiger charge is -2.39. The van der Waals surface area contributed by atoms with Gasteiger partial charge in [-0.15, -0.1) is 0 Å². The Morgan fingerprint density at radius 1 is 0.667 bits per heavy atom. The van der Waals surface area contributed by atoms with Crippen LogP contribution in [0.25, 0.3) is 81.9 Å². The van der Waals surface area contributed by atoms with Gasteiger partial charge in [-0.1, -0.05) is 42.5 Å². The van der Waals surface area contributed by atoms with E-state index in [1.54, 1.807) is 144 Å². The summed E-state index contributed by atoms with van der Waals surface area (Å²) in [4.78, 5) is 2.74. The fourth-order valence-electron chi connectivity index (χ4n) is 16.4. The lowest BCUT2D eigenvalue weighted by atomic mass is 9.62. The number of likely N-dealkylation sites (tertiary alicyclic amines) is 1. The highest BCUT2D eigenvalue weighted by Gasteiger charge is 2.62. The second kappa shape index (κ2) is 6.39. The van der Waals surface area contributed by atoms with E-state index in [-0.39, 0.29) is 5.41 Å². The van der Waals surface area contributed by atoms with Gasteiger partial charge in [0.25, 0.3) is 0 Å². The molecule has 0 amide bonds. The summed E-state index contributed by atoms with van der Waals surface area (Å²) < 4.78 is 5.67. The molecule has 2 heteroatoms. The van der Waals surface area contributed by atoms with E-state index in [4.69, 9.17) is 4.74 Å². The Bertz CT molecular complexity index is 3450. The number of ether oxygens (including phenoxy) is 1. The Labute approximate surface area is 292 Å². The van der Waals surface area contributed by atoms with Gasteiger partial charge in [0.1, 0.15) is 5.75 Å². The second-order valence-electron chi connectivity index (χ2n) is 18.6. The van der Waals surface area contributed by atoms with Gasteiger partial charge in [0, 0.05) is 35.8 Å². The van der Waals surface area contributed by atoms with Crippen molar-refractivity contribution >= 4 is 81.9 Å². The molecular formula is C49H29NO. The van der Waals surface area contributed by atoms with E-state index in [9.17, 15) is 0 Å². The van der Waals surface area contributed by atoms with Gasteiger partial charge < -0.3 is 4.74 Å². The summed E-state index contributed by atoms with van der Waals surface area (Å²) >= 11 is 0. The van der Waals surface area contributed by atoms with Crippen molar-refractivity contribution in [1.82, 2.24) is 4.90 Å². The molecule has 0 radical (unpaired) electrons. The molecule has 10 aliphatic rings. The molecule has 1 fully saturated rings. The number of methoxy groups -OCH3 is 1. The molecule has 0 N–H and O–H groups in total. The Balaban J connectivity index is 1.17. The smallest absolute Gasteiger partial charge is 0.118 e. The molecule has 9 aliphatic carbocycles. The first kappa shape index (κ1) is 23.5. The monoisotopic (exact) mass is 647 g/mol. The normalized spacial score (nSPS) is 31.8. The predicted molar refractivity (Wildman–Crippen MR) is 205 cm³/mol. The van der Waals surface area contributed by atoms with Crippen molar-refractivity contribution in [1.29, 1.82) is 0 Å². The van der Waals surface area contributed by atoms with Crippen molar-refractivity contribution in [3.63, 3.8) is 0 Å². The third-order valence-corrected chi connectivity index (χ3v) is 17.2. The van der Waals surface area contributed by atoms with Crippen LogP contribution in [0.5, 0.6) is 5.75 Å². The van der Waals surface area contributed by atoms with Crippen molar-refractivity contribution in [3.8, 4) is 5.75 Å². The molecule has 0 bridgehead atoms. The summed E-state index contributed by atoms with van der Waals surface area (Å²) in [5.41, 5.74) is 21.8. The lowest BCUT2D eigenvalue weighted by molar-refractivity contribution is 0.303. The molecule has 1 spiro atoms. The molecule has 8 aromatic rings. The molecule has 0 saturated carbocycles. The van der Waals surface area contributed by atoms with E-state index in [0.717, 1.165) is 18.7 Å². The number of hydrogen-bond acceptors (Lipinski definition) is 2. The van der Waals surface area contributed by atoms with Crippen LogP contribution < -0.4 is 9.96 Å². The van der Waals surface area contributed by atoms with E-state index < -0.39 is 0 Å². The molecule has 7 atom stereocenters. The third kappa shape index (κ3) is 1.84. The first-order chi connectivity index (χ1) is 25.1. The molecule has 1 heterocycles. The maximum Gasteiger partial charge on any atom is 0.118 e. The summed E-state index contributed by atoms with van der Waals surface area (Å²) in [5, 5.41) is 21.8. The Morgan fingerprint density at radius 3 is 2.27 bits per heavy atom. The average Bonchev–Trinajstić information content (AvgIpc) is 3.98. The van der Waals surface area contributed by atoms with Crippen molar-refractivity contribution in [2.24, 2.45) is 11.8 Å². The highest BCUT2D eigenvalue weighted by atomic mass is 16.5. The largest absolute Gasteiger partial charge is 0.497 e. The van der Waals surface area contributed by atoms with E-state index in [0.29, 0.717) is 35.6 Å². The molecule has 0 aromatic heterocycles. The molecule has 51 heavy (non-hydrogen) atoms. The van der Waals surface area contributed by atoms with Gasteiger partial charge in [0.2, 0.25) is 0 Å². The van der Waals surface area contributed by atoms with Crippen LogP contribution in [0.2, 0.25) is 0 Å². The number of likely N-dealkylation sites (N-methyl/N-ethyl adjacent to an activating group) is 1. The van der Waals surface area contributed by atoms with Gasteiger partial charge in [-0.2, -0.15) is 0 Å². The Morgan fingerprint density at radius 2 is 1.41 bits per heavy atom. The maximum absolute atomic E-state index is 5.67. The van der Waals surface area contributed by atoms with E-state index in [2.05, 4.69) is 66.6 Å². The van der Waals surface area contributed by atoms with Crippen LogP contribution in [0.4, 0.5) is 0 Å². The fourth-order valence-corrected chi connectivity index (χ4v) is 16.4. The third-order valence-electron chi connectivity index (χ3n) is 17.2. The highest BCUT2D eigenvalue weighted by Crippen LogP contribution is 2.76. The van der Waals surface area contributed by atoms with Crippen LogP contribution >= 0.6 is 0 Å². The highest BCUT2D eigenvalue weighted by molar-refractivity contribution is 6.51. The first-order valence-corrected chi connectivity index (χ1v) is 19.5. The zero-order valence-electron chi connectivity index (χ0n) is 28.3. The molecule has 2 nitrogen and oxygen atoms in total. The van der Waals surface area contributed by atoms with Crippen LogP contribution in [-0.4, -0.2) is 25.6 Å². The minimum Gasteiger partial charge on any atom is -0.497 e. The maximum atomic E-state index is 5.67. The number of rotatable bonds is 2. The molecule has 7 unspecified atom stereocenters. The van der Waals surface area contributed by atoms with Gasteiger partial charge in [0.05, 0.1) is 7.11 Å². The zero-order chi connectivity index (χ0) is 32.0. The summed E-state index contributed by atoms with van der Waals surface area (Å²) in [6, 6.07) is 14.9. The molecular weight excluding hydrogens is 619 g/mol. The van der Waals surface area contributed by atoms with Gasteiger partial charge in [-0.3, -0.25) is 4.90 Å². The first-order valence-electron chi connectivity index (χ1n) is 19.5. The molecule has 18 rings (SSSR count). The standard InChI is InChI=1S/C49H29NO/c1-50-15-49-14-23-12-21-10-18-7-17-8-20-9-19-11-22-13-25(46(49)48(50)16-3-5-24(51-2)6-4-16)33-38-29(22)28(19)35-30(20)34-26(17)27(18)36-31(21)37-32(23)47(49)45(33)44-42(37)40(36)39(34)41(35)43(38)44/h3-6,8,10-11,13-14,19,21,28,31,46,48H,7,9,12,15H2,1-2H3. The second-order valence-corrected chi connectivity index (χ2v) is 18.6. The molecule has 236 valence electrons. The van der Waals surface area contributed by atoms with Gasteiger partial charge in [-0.25, -0.2) is 0 Å². The topological polar surface area (TPSA) is 12.5 Å². The summed E-state index contributed by atoms with van der Waals surface area (Å²) in [7, 11) is 4.21. The summed E-state index contributed by atoms with van der Waals surface area (Å²) in [5.74, 6) is 3.48. The summed E-state index contributed by atoms with van der Waals surface area (Å²) in [6.45, 7) is 1.08. The van der Waals surface area contributed by atoms with Crippen molar-refractivity contribution in [2.45, 2.75) is 48.5 Å². The number of allylic oxidation sites excluding steroid dienone is 3. The number of nitrogens with zero attached hydrogens (tertiary/aromatic N) is 1. The summed E-state index contributed by atoms with van der Waals surface area (Å²) in [6.07, 6.45) is 12.0. The van der Waals surface area contributed by atoms with E-state index in [1.165, 1.54) is 18.4 Å². The van der Waals surface area contributed by atoms with E-state index >= 15 is 0 Å². The molecule has 8 aromatic carbocycles. The number of benzene rings is 6. The Kier molecular flexibility index (Phi) is 2.95. The molecule has 1 aliphatic heterocycles. The van der Waals surface area contributed by atoms with E-state index in [1.807, 2.05) is 0 Å². The lowest BCUT2D eigenvalue weighted by Crippen LogP contribution is -2.34. The number of hydrogen-bond donors (Lipinski definition) is 0. The quantitative estimate of drug-likeness (QED) is 0.173. The molecule has 1 saturated heterocycles. The van der Waals surface area contributed by atoms with Crippen molar-refractivity contribution < 1.29 is 4.74 Å². The van der Waals surface area contributed by atoms with Gasteiger partial charge >= 0.3 is 0 Å². The van der Waals surface area contributed by atoms with Crippen LogP contribution in [0.15, 0.2) is 48.6 Å². The SMILES string of the molecule is COc1ccc(C2C3c4cc5c6c7c4c4c8c9c%10c%11c%12c%13c%14c%15c(cc%16c%17c(c(c%12c%15%17)c7c4%11)C6C(C=5)C%16)CC%14=CC(CC9=CC83CN2C)C%13%10)cc1. The fraction of sp³-hybridized carbons (Fsp3) is 0.265. The van der Waals surface area contributed by atoms with Crippen LogP contribution in [0.1, 0.15) is 91.4 Å². The average molecular weight is 648 g/mol. The van der Waals surface area contributed by atoms with Gasteiger partial charge in [-0.05, 0) is 192 Å². The van der Waals surface area contributed by atoms with Crippen LogP contribution in [-0.2, 0) is 18.3 Å². The van der Waals surface area contributed by atoms with Crippen molar-refractivity contribution in [3.05, 3.63) is 115 Å². The number of fused-ring (bicyclic) bond motifs is 1. The Hall–Kier alpha value is -4.92. The van der Waals surface area contributed by atoms with Crippen molar-refractivity contribution in [2.75, 3.05) is 20.7 Å². The van der Waals surface area contributed by atoms with Crippen LogP contribution in [0, 0.1) is 11.8 Å². The van der Waals surface area contributed by atoms with Crippen LogP contribution in [0.3, 0.4) is 0 Å². The predicted octanol–water partition coefficient (Wildman–Crippen LogP) is 9.46. The minimum absolute atomic E-state index is 0.0147. The van der Waals surface area contributed by atoms with Gasteiger partial charge in [0.15, 0.2) is 0 Å².